The summed E-state index contributed by atoms with van der Waals surface area (Å²) in [6.45, 7) is 5.94. The molecule has 0 atom stereocenters. The second kappa shape index (κ2) is 9.04. The van der Waals surface area contributed by atoms with Crippen molar-refractivity contribution in [1.29, 1.82) is 0 Å². The van der Waals surface area contributed by atoms with Gasteiger partial charge in [-0.05, 0) is 29.7 Å². The number of ether oxygens (including phenoxy) is 1. The largest absolute Gasteiger partial charge is 0.495 e. The molecule has 0 aromatic heterocycles. The smallest absolute Gasteiger partial charge is 0.226 e. The molecule has 0 bridgehead atoms. The Labute approximate surface area is 155 Å². The van der Waals surface area contributed by atoms with Crippen molar-refractivity contribution in [3.05, 3.63) is 54.1 Å². The molecule has 138 valence electrons. The maximum atomic E-state index is 12.4. The summed E-state index contributed by atoms with van der Waals surface area (Å²) < 4.78 is 5.33. The van der Waals surface area contributed by atoms with Crippen molar-refractivity contribution in [3.63, 3.8) is 0 Å². The standard InChI is InChI=1S/C21H26N2O3/c1-15(2)17-9-5-6-10-18(17)22-21(25)13-14-23(16(3)24)19-11-7-8-12-20(19)26-4/h5-12,15H,13-14H2,1-4H3,(H,22,25). The zero-order valence-electron chi connectivity index (χ0n) is 15.8. The van der Waals surface area contributed by atoms with Crippen LogP contribution in [0.1, 0.15) is 38.7 Å². The van der Waals surface area contributed by atoms with Crippen LogP contribution >= 0.6 is 0 Å². The van der Waals surface area contributed by atoms with Gasteiger partial charge in [-0.15, -0.1) is 0 Å². The number of methoxy groups -OCH3 is 1. The molecule has 26 heavy (non-hydrogen) atoms. The minimum absolute atomic E-state index is 0.126. The van der Waals surface area contributed by atoms with E-state index in [4.69, 9.17) is 4.74 Å². The van der Waals surface area contributed by atoms with Crippen LogP contribution in [0.2, 0.25) is 0 Å². The van der Waals surface area contributed by atoms with Crippen molar-refractivity contribution in [2.75, 3.05) is 23.9 Å². The molecule has 0 saturated heterocycles. The van der Waals surface area contributed by atoms with Gasteiger partial charge in [-0.25, -0.2) is 0 Å². The molecule has 2 rings (SSSR count). The van der Waals surface area contributed by atoms with Crippen LogP contribution in [0.25, 0.3) is 0 Å². The van der Waals surface area contributed by atoms with E-state index >= 15 is 0 Å². The highest BCUT2D eigenvalue weighted by Gasteiger charge is 2.17. The van der Waals surface area contributed by atoms with Crippen molar-refractivity contribution in [2.24, 2.45) is 0 Å². The summed E-state index contributed by atoms with van der Waals surface area (Å²) in [4.78, 5) is 26.0. The third-order valence-electron chi connectivity index (χ3n) is 4.18. The number of carbonyl (C=O) groups is 2. The summed E-state index contributed by atoms with van der Waals surface area (Å²) in [6.07, 6.45) is 0.198. The molecule has 0 aliphatic heterocycles. The van der Waals surface area contributed by atoms with E-state index in [1.54, 1.807) is 18.1 Å². The van der Waals surface area contributed by atoms with Crippen LogP contribution < -0.4 is 15.0 Å². The monoisotopic (exact) mass is 354 g/mol. The van der Waals surface area contributed by atoms with Crippen LogP contribution in [0.5, 0.6) is 5.75 Å². The minimum Gasteiger partial charge on any atom is -0.495 e. The Hall–Kier alpha value is -2.82. The molecule has 1 N–H and O–H groups in total. The molecule has 0 radical (unpaired) electrons. The van der Waals surface area contributed by atoms with Crippen molar-refractivity contribution in [1.82, 2.24) is 0 Å². The van der Waals surface area contributed by atoms with Crippen molar-refractivity contribution in [3.8, 4) is 5.75 Å². The first-order valence-corrected chi connectivity index (χ1v) is 8.74. The second-order valence-corrected chi connectivity index (χ2v) is 6.38. The van der Waals surface area contributed by atoms with Crippen LogP contribution in [0, 0.1) is 0 Å². The summed E-state index contributed by atoms with van der Waals surface area (Å²) in [7, 11) is 1.56. The molecular formula is C21H26N2O3. The highest BCUT2D eigenvalue weighted by atomic mass is 16.5. The molecule has 0 heterocycles. The molecule has 2 amide bonds. The average molecular weight is 354 g/mol. The van der Waals surface area contributed by atoms with Gasteiger partial charge in [-0.2, -0.15) is 0 Å². The fourth-order valence-corrected chi connectivity index (χ4v) is 2.84. The Morgan fingerprint density at radius 2 is 1.73 bits per heavy atom. The maximum Gasteiger partial charge on any atom is 0.226 e. The van der Waals surface area contributed by atoms with E-state index in [9.17, 15) is 9.59 Å². The Kier molecular flexibility index (Phi) is 6.78. The molecule has 2 aromatic rings. The number of nitrogens with one attached hydrogen (secondary N) is 1. The highest BCUT2D eigenvalue weighted by molar-refractivity contribution is 5.96. The lowest BCUT2D eigenvalue weighted by atomic mass is 10.0. The molecular weight excluding hydrogens is 328 g/mol. The van der Waals surface area contributed by atoms with E-state index in [0.717, 1.165) is 11.3 Å². The lowest BCUT2D eigenvalue weighted by molar-refractivity contribution is -0.117. The minimum atomic E-state index is -0.134. The second-order valence-electron chi connectivity index (χ2n) is 6.38. The summed E-state index contributed by atoms with van der Waals surface area (Å²) in [6, 6.07) is 15.1. The van der Waals surface area contributed by atoms with Crippen molar-refractivity contribution >= 4 is 23.2 Å². The van der Waals surface area contributed by atoms with Gasteiger partial charge in [0.05, 0.1) is 12.8 Å². The average Bonchev–Trinajstić information content (AvgIpc) is 2.62. The number of amides is 2. The zero-order chi connectivity index (χ0) is 19.1. The van der Waals surface area contributed by atoms with Gasteiger partial charge in [-0.3, -0.25) is 9.59 Å². The quantitative estimate of drug-likeness (QED) is 0.811. The van der Waals surface area contributed by atoms with E-state index < -0.39 is 0 Å². The highest BCUT2D eigenvalue weighted by Crippen LogP contribution is 2.28. The number of hydrogen-bond acceptors (Lipinski definition) is 3. The van der Waals surface area contributed by atoms with E-state index in [2.05, 4.69) is 19.2 Å². The van der Waals surface area contributed by atoms with Crippen molar-refractivity contribution < 1.29 is 14.3 Å². The molecule has 0 aliphatic carbocycles. The molecule has 0 saturated carbocycles. The first-order valence-electron chi connectivity index (χ1n) is 8.74. The van der Waals surface area contributed by atoms with Gasteiger partial charge in [-0.1, -0.05) is 44.2 Å². The van der Waals surface area contributed by atoms with Gasteiger partial charge in [0.25, 0.3) is 0 Å². The van der Waals surface area contributed by atoms with Gasteiger partial charge < -0.3 is 15.0 Å². The van der Waals surface area contributed by atoms with Gasteiger partial charge in [0, 0.05) is 25.6 Å². The number of anilines is 2. The number of hydrogen-bond donors (Lipinski definition) is 1. The Morgan fingerprint density at radius 1 is 1.08 bits per heavy atom. The summed E-state index contributed by atoms with van der Waals surface area (Å²) in [5.74, 6) is 0.659. The zero-order valence-corrected chi connectivity index (χ0v) is 15.8. The molecule has 5 nitrogen and oxygen atoms in total. The van der Waals surface area contributed by atoms with Gasteiger partial charge in [0.1, 0.15) is 5.75 Å². The fourth-order valence-electron chi connectivity index (χ4n) is 2.84. The number of benzene rings is 2. The lowest BCUT2D eigenvalue weighted by Crippen LogP contribution is -2.32. The lowest BCUT2D eigenvalue weighted by Gasteiger charge is -2.23. The Balaban J connectivity index is 2.08. The third-order valence-corrected chi connectivity index (χ3v) is 4.18. The first-order chi connectivity index (χ1) is 12.4. The van der Waals surface area contributed by atoms with E-state index in [-0.39, 0.29) is 24.8 Å². The summed E-state index contributed by atoms with van der Waals surface area (Å²) >= 11 is 0. The maximum absolute atomic E-state index is 12.4. The number of para-hydroxylation sites is 3. The van der Waals surface area contributed by atoms with Crippen LogP contribution in [0.3, 0.4) is 0 Å². The molecule has 0 unspecified atom stereocenters. The number of rotatable bonds is 7. The SMILES string of the molecule is COc1ccccc1N(CCC(=O)Nc1ccccc1C(C)C)C(C)=O. The van der Waals surface area contributed by atoms with Crippen LogP contribution in [-0.4, -0.2) is 25.5 Å². The summed E-state index contributed by atoms with van der Waals surface area (Å²) in [5, 5.41) is 2.96. The Morgan fingerprint density at radius 3 is 2.38 bits per heavy atom. The molecule has 0 aliphatic rings. The number of nitrogens with zero attached hydrogens (tertiary/aromatic N) is 1. The predicted octanol–water partition coefficient (Wildman–Crippen LogP) is 4.20. The van der Waals surface area contributed by atoms with Crippen LogP contribution in [0.4, 0.5) is 11.4 Å². The number of carbonyl (C=O) groups excluding carboxylic acids is 2. The predicted molar refractivity (Wildman–Crippen MR) is 105 cm³/mol. The van der Waals surface area contributed by atoms with Gasteiger partial charge in [0.2, 0.25) is 11.8 Å². The van der Waals surface area contributed by atoms with Gasteiger partial charge in [0.15, 0.2) is 0 Å². The fraction of sp³-hybridized carbons (Fsp3) is 0.333. The molecule has 0 fully saturated rings. The summed E-state index contributed by atoms with van der Waals surface area (Å²) in [5.41, 5.74) is 2.58. The van der Waals surface area contributed by atoms with E-state index in [0.29, 0.717) is 17.4 Å². The van der Waals surface area contributed by atoms with E-state index in [1.165, 1.54) is 6.92 Å². The van der Waals surface area contributed by atoms with Crippen molar-refractivity contribution in [2.45, 2.75) is 33.1 Å². The molecule has 0 spiro atoms. The topological polar surface area (TPSA) is 58.6 Å². The molecule has 5 heteroatoms. The Bertz CT molecular complexity index is 771. The normalized spacial score (nSPS) is 10.5. The molecule has 2 aromatic carbocycles. The third kappa shape index (κ3) is 4.85. The first kappa shape index (κ1) is 19.5. The van der Waals surface area contributed by atoms with Gasteiger partial charge >= 0.3 is 0 Å². The van der Waals surface area contributed by atoms with Crippen LogP contribution in [-0.2, 0) is 9.59 Å². The van der Waals surface area contributed by atoms with E-state index in [1.807, 2.05) is 42.5 Å². The van der Waals surface area contributed by atoms with Crippen LogP contribution in [0.15, 0.2) is 48.5 Å².